The minimum Gasteiger partial charge on any atom is -0.433 e. The number of imidazole rings is 1. The van der Waals surface area contributed by atoms with Crippen LogP contribution in [0.25, 0.3) is 5.69 Å². The maximum atomic E-state index is 12.3. The van der Waals surface area contributed by atoms with Crippen LogP contribution >= 0.6 is 0 Å². The molecule has 0 amide bonds. The first kappa shape index (κ1) is 11.5. The molecule has 0 spiro atoms. The maximum Gasteiger partial charge on any atom is 0.387 e. The van der Waals surface area contributed by atoms with E-state index in [9.17, 15) is 8.78 Å². The van der Waals surface area contributed by atoms with E-state index in [1.54, 1.807) is 29.0 Å². The van der Waals surface area contributed by atoms with Gasteiger partial charge in [-0.1, -0.05) is 12.1 Å². The van der Waals surface area contributed by atoms with Crippen molar-refractivity contribution in [1.29, 1.82) is 0 Å². The average molecular weight is 239 g/mol. The third-order valence-corrected chi connectivity index (χ3v) is 2.27. The minimum absolute atomic E-state index is 0.0928. The molecule has 2 aromatic rings. The van der Waals surface area contributed by atoms with Crippen LogP contribution in [0.3, 0.4) is 0 Å². The fourth-order valence-corrected chi connectivity index (χ4v) is 1.54. The number of nitrogens with zero attached hydrogens (tertiary/aromatic N) is 2. The number of rotatable bonds is 4. The monoisotopic (exact) mass is 239 g/mol. The van der Waals surface area contributed by atoms with Crippen molar-refractivity contribution in [3.8, 4) is 11.4 Å². The van der Waals surface area contributed by atoms with Gasteiger partial charge < -0.3 is 10.5 Å². The van der Waals surface area contributed by atoms with Crippen molar-refractivity contribution in [2.45, 2.75) is 13.2 Å². The molecule has 4 nitrogen and oxygen atoms in total. The first-order valence-electron chi connectivity index (χ1n) is 4.98. The minimum atomic E-state index is -2.86. The van der Waals surface area contributed by atoms with Gasteiger partial charge in [0.15, 0.2) is 0 Å². The summed E-state index contributed by atoms with van der Waals surface area (Å²) in [5.41, 5.74) is 6.74. The van der Waals surface area contributed by atoms with Crippen molar-refractivity contribution in [2.24, 2.45) is 5.73 Å². The zero-order chi connectivity index (χ0) is 12.3. The molecule has 0 aliphatic heterocycles. The van der Waals surface area contributed by atoms with Gasteiger partial charge >= 0.3 is 6.61 Å². The molecule has 0 fully saturated rings. The van der Waals surface area contributed by atoms with Gasteiger partial charge in [-0.2, -0.15) is 8.78 Å². The Bertz CT molecular complexity index is 499. The molecule has 0 saturated carbocycles. The summed E-state index contributed by atoms with van der Waals surface area (Å²) in [5, 5.41) is 0. The lowest BCUT2D eigenvalue weighted by atomic mass is 10.3. The number of para-hydroxylation sites is 2. The normalized spacial score (nSPS) is 10.8. The van der Waals surface area contributed by atoms with Gasteiger partial charge in [0.1, 0.15) is 5.75 Å². The Morgan fingerprint density at radius 3 is 2.82 bits per heavy atom. The van der Waals surface area contributed by atoms with Crippen LogP contribution in [0.15, 0.2) is 36.8 Å². The van der Waals surface area contributed by atoms with Crippen LogP contribution in [0.2, 0.25) is 0 Å². The number of ether oxygens (including phenoxy) is 1. The first-order chi connectivity index (χ1) is 8.22. The van der Waals surface area contributed by atoms with Crippen molar-refractivity contribution in [2.75, 3.05) is 0 Å². The molecule has 2 rings (SSSR count). The quantitative estimate of drug-likeness (QED) is 0.887. The fourth-order valence-electron chi connectivity index (χ4n) is 1.54. The molecule has 2 N–H and O–H groups in total. The highest BCUT2D eigenvalue weighted by molar-refractivity contribution is 5.47. The molecular formula is C11H11F2N3O. The van der Waals surface area contributed by atoms with Crippen molar-refractivity contribution in [3.63, 3.8) is 0 Å². The highest BCUT2D eigenvalue weighted by atomic mass is 19.3. The number of hydrogen-bond donors (Lipinski definition) is 1. The van der Waals surface area contributed by atoms with Gasteiger partial charge in [-0.25, -0.2) is 4.98 Å². The molecular weight excluding hydrogens is 228 g/mol. The largest absolute Gasteiger partial charge is 0.433 e. The van der Waals surface area contributed by atoms with E-state index in [1.807, 2.05) is 0 Å². The Kier molecular flexibility index (Phi) is 3.34. The summed E-state index contributed by atoms with van der Waals surface area (Å²) in [4.78, 5) is 3.93. The second-order valence-electron chi connectivity index (χ2n) is 3.31. The van der Waals surface area contributed by atoms with E-state index in [4.69, 9.17) is 5.73 Å². The topological polar surface area (TPSA) is 53.1 Å². The summed E-state index contributed by atoms with van der Waals surface area (Å²) in [6.45, 7) is -2.59. The second-order valence-corrected chi connectivity index (χ2v) is 3.31. The maximum absolute atomic E-state index is 12.3. The molecule has 1 aromatic heterocycles. The Labute approximate surface area is 96.6 Å². The van der Waals surface area contributed by atoms with Crippen LogP contribution in [0, 0.1) is 0 Å². The predicted octanol–water partition coefficient (Wildman–Crippen LogP) is 1.93. The van der Waals surface area contributed by atoms with E-state index in [0.29, 0.717) is 5.69 Å². The smallest absolute Gasteiger partial charge is 0.387 e. The lowest BCUT2D eigenvalue weighted by Gasteiger charge is -2.12. The number of benzene rings is 1. The molecule has 17 heavy (non-hydrogen) atoms. The SMILES string of the molecule is NCc1cncn1-c1ccccc1OC(F)F. The van der Waals surface area contributed by atoms with Gasteiger partial charge in [0.25, 0.3) is 0 Å². The predicted molar refractivity (Wildman–Crippen MR) is 58.1 cm³/mol. The Morgan fingerprint density at radius 1 is 1.35 bits per heavy atom. The van der Waals surface area contributed by atoms with E-state index in [-0.39, 0.29) is 12.3 Å². The standard InChI is InChI=1S/C11H11F2N3O/c12-11(13)17-10-4-2-1-3-9(10)16-7-15-6-8(16)5-14/h1-4,6-7,11H,5,14H2. The molecule has 90 valence electrons. The van der Waals surface area contributed by atoms with Crippen molar-refractivity contribution < 1.29 is 13.5 Å². The van der Waals surface area contributed by atoms with Gasteiger partial charge in [-0.05, 0) is 12.1 Å². The number of alkyl halides is 2. The average Bonchev–Trinajstić information content (AvgIpc) is 2.77. The van der Waals surface area contributed by atoms with E-state index >= 15 is 0 Å². The third kappa shape index (κ3) is 2.42. The number of hydrogen-bond acceptors (Lipinski definition) is 3. The molecule has 1 aromatic carbocycles. The molecule has 0 saturated heterocycles. The second kappa shape index (κ2) is 4.92. The Balaban J connectivity index is 2.44. The van der Waals surface area contributed by atoms with Gasteiger partial charge in [0.2, 0.25) is 0 Å². The van der Waals surface area contributed by atoms with Crippen molar-refractivity contribution in [3.05, 3.63) is 42.5 Å². The molecule has 1 heterocycles. The summed E-state index contributed by atoms with van der Waals surface area (Å²) in [6, 6.07) is 6.49. The van der Waals surface area contributed by atoms with Gasteiger partial charge in [-0.15, -0.1) is 0 Å². The highest BCUT2D eigenvalue weighted by Gasteiger charge is 2.12. The van der Waals surface area contributed by atoms with Crippen molar-refractivity contribution >= 4 is 0 Å². The molecule has 0 radical (unpaired) electrons. The van der Waals surface area contributed by atoms with Crippen LogP contribution in [-0.4, -0.2) is 16.2 Å². The lowest BCUT2D eigenvalue weighted by molar-refractivity contribution is -0.0498. The van der Waals surface area contributed by atoms with Gasteiger partial charge in [-0.3, -0.25) is 4.57 Å². The molecule has 0 aliphatic carbocycles. The van der Waals surface area contributed by atoms with Gasteiger partial charge in [0.05, 0.1) is 17.7 Å². The summed E-state index contributed by atoms with van der Waals surface area (Å²) < 4.78 is 30.6. The summed E-state index contributed by atoms with van der Waals surface area (Å²) in [5.74, 6) is 0.0928. The van der Waals surface area contributed by atoms with E-state index in [0.717, 1.165) is 5.69 Å². The van der Waals surface area contributed by atoms with E-state index < -0.39 is 6.61 Å². The van der Waals surface area contributed by atoms with Crippen LogP contribution in [0.5, 0.6) is 5.75 Å². The number of halogens is 2. The van der Waals surface area contributed by atoms with E-state index in [2.05, 4.69) is 9.72 Å². The lowest BCUT2D eigenvalue weighted by Crippen LogP contribution is -2.08. The zero-order valence-electron chi connectivity index (χ0n) is 8.88. The molecule has 0 aliphatic rings. The number of nitrogens with two attached hydrogens (primary N) is 1. The summed E-state index contributed by atoms with van der Waals surface area (Å²) in [6.07, 6.45) is 3.09. The summed E-state index contributed by atoms with van der Waals surface area (Å²) >= 11 is 0. The first-order valence-corrected chi connectivity index (χ1v) is 4.98. The molecule has 0 bridgehead atoms. The molecule has 0 unspecified atom stereocenters. The van der Waals surface area contributed by atoms with E-state index in [1.165, 1.54) is 12.4 Å². The number of aromatic nitrogens is 2. The molecule has 0 atom stereocenters. The van der Waals surface area contributed by atoms with Crippen LogP contribution in [-0.2, 0) is 6.54 Å². The van der Waals surface area contributed by atoms with Crippen molar-refractivity contribution in [1.82, 2.24) is 9.55 Å². The molecule has 6 heteroatoms. The zero-order valence-corrected chi connectivity index (χ0v) is 8.88. The van der Waals surface area contributed by atoms with Crippen LogP contribution in [0.1, 0.15) is 5.69 Å². The van der Waals surface area contributed by atoms with Crippen LogP contribution < -0.4 is 10.5 Å². The van der Waals surface area contributed by atoms with Crippen LogP contribution in [0.4, 0.5) is 8.78 Å². The van der Waals surface area contributed by atoms with Gasteiger partial charge in [0, 0.05) is 12.7 Å². The fraction of sp³-hybridized carbons (Fsp3) is 0.182. The Hall–Kier alpha value is -1.95. The Morgan fingerprint density at radius 2 is 2.12 bits per heavy atom. The summed E-state index contributed by atoms with van der Waals surface area (Å²) in [7, 11) is 0. The highest BCUT2D eigenvalue weighted by Crippen LogP contribution is 2.25. The third-order valence-electron chi connectivity index (χ3n) is 2.27.